The highest BCUT2D eigenvalue weighted by Gasteiger charge is 2.23. The number of carbonyl (C=O) groups excluding carboxylic acids is 1. The fraction of sp³-hybridized carbons (Fsp3) is 0.160. The highest BCUT2D eigenvalue weighted by molar-refractivity contribution is 6.09. The fourth-order valence-electron chi connectivity index (χ4n) is 3.74. The molecule has 4 rings (SSSR count). The molecule has 0 saturated heterocycles. The van der Waals surface area contributed by atoms with Crippen LogP contribution in [-0.2, 0) is 4.74 Å². The molecule has 0 saturated carbocycles. The predicted octanol–water partition coefficient (Wildman–Crippen LogP) is 2.71. The van der Waals surface area contributed by atoms with E-state index in [4.69, 9.17) is 14.3 Å². The highest BCUT2D eigenvalue weighted by atomic mass is 16.5. The number of carboxylic acid groups (broad SMARTS) is 1. The first-order valence-corrected chi connectivity index (χ1v) is 10.4. The van der Waals surface area contributed by atoms with Crippen molar-refractivity contribution in [3.8, 4) is 28.2 Å². The zero-order chi connectivity index (χ0) is 24.2. The number of ether oxygens (including phenoxy) is 1. The largest absolute Gasteiger partial charge is 0.508 e. The van der Waals surface area contributed by atoms with Crippen molar-refractivity contribution in [2.75, 3.05) is 26.4 Å². The second-order valence-corrected chi connectivity index (χ2v) is 7.47. The molecule has 0 radical (unpaired) electrons. The Morgan fingerprint density at radius 2 is 1.76 bits per heavy atom. The summed E-state index contributed by atoms with van der Waals surface area (Å²) in [5, 5.41) is 31.7. The lowest BCUT2D eigenvalue weighted by Crippen LogP contribution is -2.27. The van der Waals surface area contributed by atoms with Gasteiger partial charge in [-0.3, -0.25) is 9.59 Å². The Balaban J connectivity index is 1.82. The number of phenolic OH excluding ortho intramolecular Hbond substituents is 1. The average Bonchev–Trinajstić information content (AvgIpc) is 2.81. The van der Waals surface area contributed by atoms with Gasteiger partial charge in [-0.05, 0) is 42.0 Å². The summed E-state index contributed by atoms with van der Waals surface area (Å²) in [7, 11) is 0. The molecular weight excluding hydrogens is 442 g/mol. The van der Waals surface area contributed by atoms with Gasteiger partial charge in [0.1, 0.15) is 17.1 Å². The standard InChI is InChI=1S/C25H21NO8/c27-8-10-33-9-7-26-24(30)14-1-4-17(20(11-14)25(31)32)23-18-5-2-15(28)12-21(18)34-22-13-16(29)3-6-19(22)23/h1-6,11-13,27-28H,7-10H2,(H,26,30)(H,31,32). The van der Waals surface area contributed by atoms with Crippen LogP contribution in [0.25, 0.3) is 33.4 Å². The summed E-state index contributed by atoms with van der Waals surface area (Å²) < 4.78 is 10.9. The maximum absolute atomic E-state index is 12.5. The molecule has 2 aliphatic rings. The Bertz CT molecular complexity index is 1410. The molecule has 1 aliphatic carbocycles. The van der Waals surface area contributed by atoms with Gasteiger partial charge in [0.25, 0.3) is 5.91 Å². The van der Waals surface area contributed by atoms with Crippen molar-refractivity contribution in [3.05, 3.63) is 75.9 Å². The second kappa shape index (κ2) is 9.74. The van der Waals surface area contributed by atoms with Crippen LogP contribution < -0.4 is 10.7 Å². The fourth-order valence-corrected chi connectivity index (χ4v) is 3.74. The van der Waals surface area contributed by atoms with Crippen LogP contribution in [-0.4, -0.2) is 53.6 Å². The molecule has 0 unspecified atom stereocenters. The third-order valence-corrected chi connectivity index (χ3v) is 5.23. The number of aromatic carboxylic acids is 1. The van der Waals surface area contributed by atoms with Gasteiger partial charge in [0.15, 0.2) is 5.43 Å². The van der Waals surface area contributed by atoms with E-state index < -0.39 is 11.9 Å². The summed E-state index contributed by atoms with van der Waals surface area (Å²) in [5.41, 5.74) is 1.36. The average molecular weight is 463 g/mol. The van der Waals surface area contributed by atoms with Gasteiger partial charge < -0.3 is 29.8 Å². The maximum atomic E-state index is 12.5. The van der Waals surface area contributed by atoms with Crippen molar-refractivity contribution in [2.24, 2.45) is 0 Å². The Hall–Kier alpha value is -4.21. The molecule has 1 heterocycles. The van der Waals surface area contributed by atoms with Gasteiger partial charge in [0, 0.05) is 40.8 Å². The summed E-state index contributed by atoms with van der Waals surface area (Å²) in [4.78, 5) is 36.6. The molecule has 1 aliphatic heterocycles. The van der Waals surface area contributed by atoms with Gasteiger partial charge in [0.2, 0.25) is 0 Å². The SMILES string of the molecule is O=C(NCCOCCO)c1ccc(-c2c3ccc(=O)cc-3oc3cc(O)ccc23)c(C(=O)O)c1. The second-order valence-electron chi connectivity index (χ2n) is 7.47. The molecule has 34 heavy (non-hydrogen) atoms. The highest BCUT2D eigenvalue weighted by Crippen LogP contribution is 2.42. The van der Waals surface area contributed by atoms with Crippen LogP contribution in [0.2, 0.25) is 0 Å². The summed E-state index contributed by atoms with van der Waals surface area (Å²) in [6.07, 6.45) is 0. The lowest BCUT2D eigenvalue weighted by Gasteiger charge is -2.17. The number of aliphatic hydroxyl groups is 1. The Morgan fingerprint density at radius 3 is 2.53 bits per heavy atom. The maximum Gasteiger partial charge on any atom is 0.336 e. The number of carboxylic acids is 1. The third kappa shape index (κ3) is 4.61. The molecule has 2 aromatic rings. The summed E-state index contributed by atoms with van der Waals surface area (Å²) in [6.45, 7) is 0.434. The van der Waals surface area contributed by atoms with Crippen LogP contribution in [0.5, 0.6) is 5.75 Å². The Morgan fingerprint density at radius 1 is 0.971 bits per heavy atom. The minimum absolute atomic E-state index is 0.0479. The van der Waals surface area contributed by atoms with Crippen molar-refractivity contribution in [1.29, 1.82) is 0 Å². The van der Waals surface area contributed by atoms with Gasteiger partial charge in [-0.1, -0.05) is 6.07 Å². The molecule has 9 heteroatoms. The van der Waals surface area contributed by atoms with Crippen LogP contribution in [0.3, 0.4) is 0 Å². The van der Waals surface area contributed by atoms with Crippen LogP contribution in [0, 0.1) is 0 Å². The van der Waals surface area contributed by atoms with E-state index in [0.29, 0.717) is 22.1 Å². The van der Waals surface area contributed by atoms with Gasteiger partial charge >= 0.3 is 5.97 Å². The van der Waals surface area contributed by atoms with E-state index in [0.717, 1.165) is 0 Å². The van der Waals surface area contributed by atoms with E-state index in [1.165, 1.54) is 42.5 Å². The molecule has 0 bridgehead atoms. The monoisotopic (exact) mass is 463 g/mol. The molecule has 0 spiro atoms. The van der Waals surface area contributed by atoms with E-state index >= 15 is 0 Å². The number of amides is 1. The van der Waals surface area contributed by atoms with E-state index in [-0.39, 0.29) is 60.0 Å². The molecule has 174 valence electrons. The number of fused-ring (bicyclic) bond motifs is 2. The van der Waals surface area contributed by atoms with E-state index in [2.05, 4.69) is 5.32 Å². The van der Waals surface area contributed by atoms with Crippen molar-refractivity contribution in [2.45, 2.75) is 0 Å². The molecule has 0 atom stereocenters. The van der Waals surface area contributed by atoms with Crippen molar-refractivity contribution in [3.63, 3.8) is 0 Å². The van der Waals surface area contributed by atoms with Crippen LogP contribution in [0.15, 0.2) is 63.8 Å². The minimum Gasteiger partial charge on any atom is -0.508 e. The van der Waals surface area contributed by atoms with Crippen molar-refractivity contribution >= 4 is 22.8 Å². The summed E-state index contributed by atoms with van der Waals surface area (Å²) >= 11 is 0. The molecule has 2 aromatic carbocycles. The van der Waals surface area contributed by atoms with Gasteiger partial charge in [-0.2, -0.15) is 0 Å². The number of aliphatic hydroxyl groups excluding tert-OH is 1. The first kappa shape index (κ1) is 23.0. The number of hydrogen-bond acceptors (Lipinski definition) is 7. The van der Waals surface area contributed by atoms with Crippen molar-refractivity contribution < 1.29 is 34.1 Å². The molecule has 9 nitrogen and oxygen atoms in total. The summed E-state index contributed by atoms with van der Waals surface area (Å²) in [5.74, 6) is -1.52. The lowest BCUT2D eigenvalue weighted by molar-refractivity contribution is 0.0697. The van der Waals surface area contributed by atoms with Gasteiger partial charge in [0.05, 0.1) is 25.4 Å². The summed E-state index contributed by atoms with van der Waals surface area (Å²) in [6, 6.07) is 13.0. The Labute approximate surface area is 193 Å². The predicted molar refractivity (Wildman–Crippen MR) is 123 cm³/mol. The molecule has 0 fully saturated rings. The molecule has 4 N–H and O–H groups in total. The lowest BCUT2D eigenvalue weighted by atomic mass is 9.90. The van der Waals surface area contributed by atoms with E-state index in [1.54, 1.807) is 12.1 Å². The first-order chi connectivity index (χ1) is 16.4. The van der Waals surface area contributed by atoms with E-state index in [1.807, 2.05) is 0 Å². The molecule has 0 aromatic heterocycles. The third-order valence-electron chi connectivity index (χ3n) is 5.23. The van der Waals surface area contributed by atoms with Crippen molar-refractivity contribution in [1.82, 2.24) is 5.32 Å². The van der Waals surface area contributed by atoms with Crippen LogP contribution >= 0.6 is 0 Å². The van der Waals surface area contributed by atoms with Gasteiger partial charge in [-0.25, -0.2) is 4.79 Å². The number of benzene rings is 3. The number of hydrogen-bond donors (Lipinski definition) is 4. The van der Waals surface area contributed by atoms with Crippen LogP contribution in [0.4, 0.5) is 0 Å². The number of aromatic hydroxyl groups is 1. The minimum atomic E-state index is -1.24. The van der Waals surface area contributed by atoms with E-state index in [9.17, 15) is 24.6 Å². The smallest absolute Gasteiger partial charge is 0.336 e. The number of nitrogens with one attached hydrogen (secondary N) is 1. The number of phenols is 1. The zero-order valence-corrected chi connectivity index (χ0v) is 17.9. The zero-order valence-electron chi connectivity index (χ0n) is 17.9. The normalized spacial score (nSPS) is 11.1. The first-order valence-electron chi connectivity index (χ1n) is 10.4. The number of rotatable bonds is 8. The number of carbonyl (C=O) groups is 2. The van der Waals surface area contributed by atoms with Gasteiger partial charge in [-0.15, -0.1) is 0 Å². The Kier molecular flexibility index (Phi) is 6.58. The molecular formula is C25H21NO8. The topological polar surface area (TPSA) is 146 Å². The van der Waals surface area contributed by atoms with Crippen LogP contribution in [0.1, 0.15) is 20.7 Å². The molecule has 1 amide bonds. The quantitative estimate of drug-likeness (QED) is 0.230.